The van der Waals surface area contributed by atoms with Gasteiger partial charge in [0.1, 0.15) is 0 Å². The molecule has 0 atom stereocenters. The fourth-order valence-electron chi connectivity index (χ4n) is 0.321. The predicted octanol–water partition coefficient (Wildman–Crippen LogP) is 5.73. The van der Waals surface area contributed by atoms with Crippen molar-refractivity contribution in [2.75, 3.05) is 0 Å². The summed E-state index contributed by atoms with van der Waals surface area (Å²) in [5.74, 6) is 1.49. The van der Waals surface area contributed by atoms with Crippen LogP contribution in [0, 0.1) is 25.2 Å². The monoisotopic (exact) mass is 270 g/mol. The molecular weight excluding hydrogens is 240 g/mol. The molecule has 0 bridgehead atoms. The van der Waals surface area contributed by atoms with E-state index in [2.05, 4.69) is 48.5 Å². The average Bonchev–Trinajstić information content (AvgIpc) is 2.80. The van der Waals surface area contributed by atoms with Crippen LogP contribution in [-0.2, 0) is 21.7 Å². The quantitative estimate of drug-likeness (QED) is 0.417. The van der Waals surface area contributed by atoms with Crippen molar-refractivity contribution >= 4 is 0 Å². The Hall–Kier alpha value is 0.0643. The number of hydrogen-bond donors (Lipinski definition) is 0. The molecule has 0 spiro atoms. The van der Waals surface area contributed by atoms with Gasteiger partial charge in [0.05, 0.1) is 0 Å². The van der Waals surface area contributed by atoms with E-state index < -0.39 is 0 Å². The van der Waals surface area contributed by atoms with E-state index in [9.17, 15) is 0 Å². The van der Waals surface area contributed by atoms with Gasteiger partial charge in [-0.3, -0.25) is 0 Å². The molecule has 0 amide bonds. The van der Waals surface area contributed by atoms with Crippen LogP contribution in [0.15, 0.2) is 30.3 Å². The minimum Gasteiger partial charge on any atom is -0.346 e. The molecule has 0 radical (unpaired) electrons. The van der Waals surface area contributed by atoms with Gasteiger partial charge in [-0.25, -0.2) is 12.1 Å². The first-order valence-electron chi connectivity index (χ1n) is 5.83. The SMILES string of the molecule is C[C-](C)C(C)(C)C.[CH2-]C.[CH2-]C.[Ti+4].c1cc[cH-]c1. The molecule has 0 saturated carbocycles. The molecule has 98 valence electrons. The van der Waals surface area contributed by atoms with Gasteiger partial charge >= 0.3 is 21.7 Å². The van der Waals surface area contributed by atoms with E-state index in [0.29, 0.717) is 5.41 Å². The van der Waals surface area contributed by atoms with Crippen LogP contribution >= 0.6 is 0 Å². The molecule has 1 heteroatoms. The first kappa shape index (κ1) is 25.8. The largest absolute Gasteiger partial charge is 4.00 e. The topological polar surface area (TPSA) is 0 Å². The molecule has 0 heterocycles. The molecule has 1 rings (SSSR count). The van der Waals surface area contributed by atoms with Crippen molar-refractivity contribution in [3.05, 3.63) is 50.1 Å². The second-order valence-corrected chi connectivity index (χ2v) is 4.21. The van der Waals surface area contributed by atoms with Crippen molar-refractivity contribution in [3.8, 4) is 0 Å². The summed E-state index contributed by atoms with van der Waals surface area (Å²) in [6.45, 7) is 21.0. The molecule has 0 nitrogen and oxygen atoms in total. The van der Waals surface area contributed by atoms with Crippen LogP contribution in [0.25, 0.3) is 0 Å². The zero-order valence-electron chi connectivity index (χ0n) is 12.8. The Bertz CT molecular complexity index is 151. The van der Waals surface area contributed by atoms with Crippen LogP contribution in [0.1, 0.15) is 48.5 Å². The van der Waals surface area contributed by atoms with Gasteiger partial charge in [0, 0.05) is 0 Å². The van der Waals surface area contributed by atoms with Crippen LogP contribution in [0.4, 0.5) is 0 Å². The minimum atomic E-state index is 0. The molecule has 0 aliphatic rings. The molecule has 1 aromatic rings. The third-order valence-electron chi connectivity index (χ3n) is 2.06. The third kappa shape index (κ3) is 26.0. The van der Waals surface area contributed by atoms with E-state index in [1.54, 1.807) is 13.8 Å². The Labute approximate surface area is 125 Å². The Morgan fingerprint density at radius 2 is 1.12 bits per heavy atom. The fourth-order valence-corrected chi connectivity index (χ4v) is 0.321. The van der Waals surface area contributed by atoms with Gasteiger partial charge in [0.25, 0.3) is 0 Å². The van der Waals surface area contributed by atoms with Crippen molar-refractivity contribution < 1.29 is 21.7 Å². The normalized spacial score (nSPS) is 8.35. The Balaban J connectivity index is -0.0000000747. The summed E-state index contributed by atoms with van der Waals surface area (Å²) in [5.41, 5.74) is 0.417. The first-order valence-corrected chi connectivity index (χ1v) is 5.83. The van der Waals surface area contributed by atoms with Gasteiger partial charge in [0.15, 0.2) is 0 Å². The number of hydrogen-bond acceptors (Lipinski definition) is 0. The smallest absolute Gasteiger partial charge is 0.346 e. The van der Waals surface area contributed by atoms with Crippen molar-refractivity contribution in [1.82, 2.24) is 0 Å². The zero-order valence-corrected chi connectivity index (χ0v) is 14.4. The summed E-state index contributed by atoms with van der Waals surface area (Å²) in [5, 5.41) is 0. The van der Waals surface area contributed by atoms with Crippen LogP contribution in [-0.4, -0.2) is 0 Å². The third-order valence-corrected chi connectivity index (χ3v) is 2.06. The van der Waals surface area contributed by atoms with Crippen LogP contribution in [0.3, 0.4) is 0 Å². The van der Waals surface area contributed by atoms with Crippen LogP contribution in [0.5, 0.6) is 0 Å². The fraction of sp³-hybridized carbons (Fsp3) is 0.500. The van der Waals surface area contributed by atoms with E-state index in [1.807, 2.05) is 30.3 Å². The van der Waals surface area contributed by atoms with Crippen molar-refractivity contribution in [2.24, 2.45) is 5.41 Å². The molecule has 0 unspecified atom stereocenters. The van der Waals surface area contributed by atoms with Crippen molar-refractivity contribution in [3.63, 3.8) is 0 Å². The molecule has 0 aliphatic carbocycles. The minimum absolute atomic E-state index is 0. The molecule has 0 saturated heterocycles. The maximum Gasteiger partial charge on any atom is 4.00 e. The second kappa shape index (κ2) is 18.4. The summed E-state index contributed by atoms with van der Waals surface area (Å²) in [7, 11) is 0. The first-order chi connectivity index (χ1) is 7.44. The van der Waals surface area contributed by atoms with Gasteiger partial charge in [-0.05, 0) is 0 Å². The summed E-state index contributed by atoms with van der Waals surface area (Å²) < 4.78 is 0. The van der Waals surface area contributed by atoms with Crippen LogP contribution in [0.2, 0.25) is 0 Å². The van der Waals surface area contributed by atoms with Crippen molar-refractivity contribution in [2.45, 2.75) is 48.5 Å². The Morgan fingerprint density at radius 1 is 0.882 bits per heavy atom. The average molecular weight is 270 g/mol. The molecule has 0 aliphatic heterocycles. The van der Waals surface area contributed by atoms with E-state index in [4.69, 9.17) is 0 Å². The maximum atomic E-state index is 3.25. The molecular formula is C16H30Ti. The molecule has 0 aromatic heterocycles. The summed E-state index contributed by atoms with van der Waals surface area (Å²) in [6, 6.07) is 10.0. The second-order valence-electron chi connectivity index (χ2n) is 4.21. The Morgan fingerprint density at radius 3 is 1.18 bits per heavy atom. The Kier molecular flexibility index (Phi) is 28.0. The van der Waals surface area contributed by atoms with Crippen LogP contribution < -0.4 is 0 Å². The van der Waals surface area contributed by atoms with E-state index >= 15 is 0 Å². The zero-order chi connectivity index (χ0) is 13.6. The van der Waals surface area contributed by atoms with Gasteiger partial charge in [-0.1, -0.05) is 20.8 Å². The molecule has 17 heavy (non-hydrogen) atoms. The van der Waals surface area contributed by atoms with Crippen molar-refractivity contribution in [1.29, 1.82) is 0 Å². The van der Waals surface area contributed by atoms with E-state index in [0.717, 1.165) is 0 Å². The van der Waals surface area contributed by atoms with E-state index in [1.165, 1.54) is 5.92 Å². The van der Waals surface area contributed by atoms with Gasteiger partial charge in [-0.15, -0.1) is 0 Å². The summed E-state index contributed by atoms with van der Waals surface area (Å²) >= 11 is 0. The van der Waals surface area contributed by atoms with E-state index in [-0.39, 0.29) is 21.7 Å². The predicted molar refractivity (Wildman–Crippen MR) is 78.1 cm³/mol. The van der Waals surface area contributed by atoms with Gasteiger partial charge < -0.3 is 19.8 Å². The summed E-state index contributed by atoms with van der Waals surface area (Å²) in [6.07, 6.45) is 0. The molecule has 1 aromatic carbocycles. The van der Waals surface area contributed by atoms with Gasteiger partial charge in [-0.2, -0.15) is 51.3 Å². The molecule has 0 N–H and O–H groups in total. The number of rotatable bonds is 0. The van der Waals surface area contributed by atoms with Gasteiger partial charge in [0.2, 0.25) is 0 Å². The maximum absolute atomic E-state index is 3.25. The summed E-state index contributed by atoms with van der Waals surface area (Å²) in [4.78, 5) is 0. The molecule has 0 fully saturated rings. The standard InChI is InChI=1S/C7H15.C5H5.2C2H5.Ti/c1-6(2)7(3,4)5;1-2-4-5-3-1;2*1-2;/h1-5H3;1-5H;2*1H2,2H3;/q4*-1;+4.